The van der Waals surface area contributed by atoms with Gasteiger partial charge in [-0.3, -0.25) is 0 Å². The van der Waals surface area contributed by atoms with Crippen LogP contribution in [0.4, 0.5) is 0 Å². The van der Waals surface area contributed by atoms with Crippen molar-refractivity contribution in [2.24, 2.45) is 5.92 Å². The van der Waals surface area contributed by atoms with Crippen LogP contribution < -0.4 is 0 Å². The Bertz CT molecular complexity index is 89.3. The molecular weight excluding hydrogens is 350 g/mol. The number of halogens is 2. The van der Waals surface area contributed by atoms with Crippen LogP contribution in [0, 0.1) is 5.92 Å². The van der Waals surface area contributed by atoms with Crippen molar-refractivity contribution < 1.29 is 0 Å². The third-order valence-electron chi connectivity index (χ3n) is 1.77. The van der Waals surface area contributed by atoms with E-state index in [0.717, 1.165) is 5.92 Å². The highest BCUT2D eigenvalue weighted by Crippen LogP contribution is 2.30. The zero-order valence-corrected chi connectivity index (χ0v) is 11.3. The van der Waals surface area contributed by atoms with Crippen LogP contribution in [0.3, 0.4) is 0 Å². The van der Waals surface area contributed by atoms with Crippen LogP contribution in [0.2, 0.25) is 0 Å². The van der Waals surface area contributed by atoms with E-state index in [9.17, 15) is 0 Å². The highest BCUT2D eigenvalue weighted by Gasteiger charge is 2.19. The maximum absolute atomic E-state index is 2.57. The normalized spacial score (nSPS) is 20.1. The fraction of sp³-hybridized carbons (Fsp3) is 1.00. The van der Waals surface area contributed by atoms with E-state index in [0.29, 0.717) is 3.42 Å². The SMILES string of the molecule is CCC(C)(I)CC(C)CI. The first-order valence-electron chi connectivity index (χ1n) is 3.76. The molecule has 0 nitrogen and oxygen atoms in total. The van der Waals surface area contributed by atoms with Gasteiger partial charge in [-0.15, -0.1) is 0 Å². The Kier molecular flexibility index (Phi) is 5.92. The molecule has 0 spiro atoms. The molecule has 0 fully saturated rings. The third-order valence-corrected chi connectivity index (χ3v) is 4.48. The number of rotatable bonds is 4. The van der Waals surface area contributed by atoms with Crippen LogP contribution in [0.25, 0.3) is 0 Å². The summed E-state index contributed by atoms with van der Waals surface area (Å²) in [5.74, 6) is 0.877. The van der Waals surface area contributed by atoms with Gasteiger partial charge in [0.25, 0.3) is 0 Å². The summed E-state index contributed by atoms with van der Waals surface area (Å²) >= 11 is 5.04. The standard InChI is InChI=1S/C8H16I2/c1-4-8(3,10)5-7(2)6-9/h7H,4-6H2,1-3H3. The molecular formula is C8H16I2. The lowest BCUT2D eigenvalue weighted by atomic mass is 9.97. The predicted octanol–water partition coefficient (Wildman–Crippen LogP) is 4.05. The zero-order chi connectivity index (χ0) is 8.20. The highest BCUT2D eigenvalue weighted by atomic mass is 127. The van der Waals surface area contributed by atoms with E-state index in [2.05, 4.69) is 66.0 Å². The second-order valence-electron chi connectivity index (χ2n) is 3.23. The van der Waals surface area contributed by atoms with Crippen molar-refractivity contribution in [2.45, 2.75) is 37.0 Å². The summed E-state index contributed by atoms with van der Waals surface area (Å²) in [6, 6.07) is 0. The maximum Gasteiger partial charge on any atom is 0.0194 e. The van der Waals surface area contributed by atoms with Crippen LogP contribution in [0.5, 0.6) is 0 Å². The Morgan fingerprint density at radius 1 is 1.50 bits per heavy atom. The Morgan fingerprint density at radius 3 is 2.30 bits per heavy atom. The lowest BCUT2D eigenvalue weighted by molar-refractivity contribution is 0.494. The van der Waals surface area contributed by atoms with Crippen molar-refractivity contribution in [1.82, 2.24) is 0 Å². The molecule has 2 atom stereocenters. The molecule has 0 aliphatic rings. The van der Waals surface area contributed by atoms with Crippen LogP contribution >= 0.6 is 45.2 Å². The molecule has 0 saturated heterocycles. The molecule has 2 heteroatoms. The fourth-order valence-electron chi connectivity index (χ4n) is 0.925. The zero-order valence-electron chi connectivity index (χ0n) is 6.95. The number of hydrogen-bond acceptors (Lipinski definition) is 0. The Labute approximate surface area is 91.8 Å². The smallest absolute Gasteiger partial charge is 0.0194 e. The van der Waals surface area contributed by atoms with E-state index in [1.165, 1.54) is 17.3 Å². The Balaban J connectivity index is 3.64. The molecule has 2 unspecified atom stereocenters. The summed E-state index contributed by atoms with van der Waals surface area (Å²) in [5, 5.41) is 0. The van der Waals surface area contributed by atoms with E-state index >= 15 is 0 Å². The molecule has 62 valence electrons. The molecule has 0 aliphatic carbocycles. The largest absolute Gasteiger partial charge is 0.0861 e. The van der Waals surface area contributed by atoms with Crippen LogP contribution in [0.15, 0.2) is 0 Å². The average Bonchev–Trinajstić information content (AvgIpc) is 1.87. The fourth-order valence-corrected chi connectivity index (χ4v) is 1.99. The highest BCUT2D eigenvalue weighted by molar-refractivity contribution is 14.1. The van der Waals surface area contributed by atoms with Crippen LogP contribution in [0.1, 0.15) is 33.6 Å². The third kappa shape index (κ3) is 5.16. The second kappa shape index (κ2) is 5.17. The molecule has 0 heterocycles. The van der Waals surface area contributed by atoms with E-state index in [1.54, 1.807) is 0 Å². The Morgan fingerprint density at radius 2 is 2.00 bits per heavy atom. The minimum absolute atomic E-state index is 0.530. The molecule has 0 aromatic heterocycles. The minimum atomic E-state index is 0.530. The first kappa shape index (κ1) is 11.5. The number of hydrogen-bond donors (Lipinski definition) is 0. The summed E-state index contributed by atoms with van der Waals surface area (Å²) in [5.41, 5.74) is 0. The van der Waals surface area contributed by atoms with Crippen molar-refractivity contribution in [2.75, 3.05) is 4.43 Å². The summed E-state index contributed by atoms with van der Waals surface area (Å²) in [7, 11) is 0. The lowest BCUT2D eigenvalue weighted by Crippen LogP contribution is -2.18. The minimum Gasteiger partial charge on any atom is -0.0861 e. The van der Waals surface area contributed by atoms with Crippen molar-refractivity contribution in [3.05, 3.63) is 0 Å². The molecule has 0 aromatic carbocycles. The number of alkyl halides is 2. The van der Waals surface area contributed by atoms with Crippen molar-refractivity contribution in [3.8, 4) is 0 Å². The Hall–Kier alpha value is 1.46. The van der Waals surface area contributed by atoms with Crippen molar-refractivity contribution in [3.63, 3.8) is 0 Å². The predicted molar refractivity (Wildman–Crippen MR) is 65.4 cm³/mol. The van der Waals surface area contributed by atoms with Crippen LogP contribution in [-0.4, -0.2) is 7.85 Å². The first-order chi connectivity index (χ1) is 4.52. The molecule has 0 N–H and O–H groups in total. The van der Waals surface area contributed by atoms with Gasteiger partial charge < -0.3 is 0 Å². The van der Waals surface area contributed by atoms with Crippen molar-refractivity contribution in [1.29, 1.82) is 0 Å². The average molecular weight is 366 g/mol. The van der Waals surface area contributed by atoms with Gasteiger partial charge in [0.2, 0.25) is 0 Å². The topological polar surface area (TPSA) is 0 Å². The van der Waals surface area contributed by atoms with E-state index in [-0.39, 0.29) is 0 Å². The molecule has 0 radical (unpaired) electrons. The molecule has 0 aliphatic heterocycles. The van der Waals surface area contributed by atoms with Gasteiger partial charge in [0.05, 0.1) is 0 Å². The lowest BCUT2D eigenvalue weighted by Gasteiger charge is -2.23. The van der Waals surface area contributed by atoms with Gasteiger partial charge in [-0.25, -0.2) is 0 Å². The monoisotopic (exact) mass is 366 g/mol. The molecule has 0 bridgehead atoms. The van der Waals surface area contributed by atoms with Gasteiger partial charge in [-0.05, 0) is 18.8 Å². The quantitative estimate of drug-likeness (QED) is 0.520. The molecule has 0 rings (SSSR count). The van der Waals surface area contributed by atoms with Crippen LogP contribution in [-0.2, 0) is 0 Å². The second-order valence-corrected chi connectivity index (χ2v) is 6.72. The summed E-state index contributed by atoms with van der Waals surface area (Å²) in [4.78, 5) is 0. The molecule has 0 saturated carbocycles. The van der Waals surface area contributed by atoms with Gasteiger partial charge >= 0.3 is 0 Å². The summed E-state index contributed by atoms with van der Waals surface area (Å²) in [6.07, 6.45) is 2.64. The van der Waals surface area contributed by atoms with E-state index < -0.39 is 0 Å². The summed E-state index contributed by atoms with van der Waals surface area (Å²) < 4.78 is 1.82. The van der Waals surface area contributed by atoms with Gasteiger partial charge in [-0.1, -0.05) is 66.0 Å². The molecule has 0 amide bonds. The van der Waals surface area contributed by atoms with Gasteiger partial charge in [0.15, 0.2) is 0 Å². The van der Waals surface area contributed by atoms with Gasteiger partial charge in [0.1, 0.15) is 0 Å². The van der Waals surface area contributed by atoms with E-state index in [1.807, 2.05) is 0 Å². The van der Waals surface area contributed by atoms with Gasteiger partial charge in [-0.2, -0.15) is 0 Å². The van der Waals surface area contributed by atoms with Crippen molar-refractivity contribution >= 4 is 45.2 Å². The van der Waals surface area contributed by atoms with Gasteiger partial charge in [0, 0.05) is 7.85 Å². The first-order valence-corrected chi connectivity index (χ1v) is 6.37. The maximum atomic E-state index is 2.57. The van der Waals surface area contributed by atoms with E-state index in [4.69, 9.17) is 0 Å². The summed E-state index contributed by atoms with van der Waals surface area (Å²) in [6.45, 7) is 6.95. The molecule has 10 heavy (non-hydrogen) atoms. The molecule has 0 aromatic rings.